The molecule has 0 aliphatic carbocycles. The first-order valence-corrected chi connectivity index (χ1v) is 7.09. The minimum absolute atomic E-state index is 0.503. The normalized spacial score (nSPS) is 17.8. The third kappa shape index (κ3) is 4.53. The van der Waals surface area contributed by atoms with E-state index in [1.807, 2.05) is 4.90 Å². The van der Waals surface area contributed by atoms with Crippen LogP contribution in [0.4, 0.5) is 19.0 Å². The SMILES string of the molecule is NCCCN1CCCN(c2ccc(C(F)(F)F)nn2)CC1. The Hall–Kier alpha value is -1.41. The second-order valence-electron chi connectivity index (χ2n) is 5.10. The number of rotatable bonds is 4. The summed E-state index contributed by atoms with van der Waals surface area (Å²) >= 11 is 0. The van der Waals surface area contributed by atoms with Gasteiger partial charge >= 0.3 is 6.18 Å². The topological polar surface area (TPSA) is 58.3 Å². The fraction of sp³-hybridized carbons (Fsp3) is 0.692. The van der Waals surface area contributed by atoms with E-state index in [0.717, 1.165) is 51.6 Å². The molecule has 1 aromatic rings. The van der Waals surface area contributed by atoms with Gasteiger partial charge in [0.15, 0.2) is 11.5 Å². The van der Waals surface area contributed by atoms with Crippen molar-refractivity contribution in [1.82, 2.24) is 15.1 Å². The first-order valence-electron chi connectivity index (χ1n) is 7.09. The molecule has 0 spiro atoms. The molecule has 0 amide bonds. The molecule has 1 aliphatic heterocycles. The predicted octanol–water partition coefficient (Wildman–Crippen LogP) is 1.36. The van der Waals surface area contributed by atoms with Crippen LogP contribution < -0.4 is 10.6 Å². The standard InChI is InChI=1S/C13H20F3N5/c14-13(15,16)11-3-4-12(19-18-11)21-8-2-7-20(9-10-21)6-1-5-17/h3-4H,1-2,5-10,17H2. The minimum Gasteiger partial charge on any atom is -0.354 e. The van der Waals surface area contributed by atoms with Crippen molar-refractivity contribution in [3.8, 4) is 0 Å². The van der Waals surface area contributed by atoms with E-state index in [0.29, 0.717) is 12.4 Å². The van der Waals surface area contributed by atoms with Gasteiger partial charge in [0, 0.05) is 19.6 Å². The average molecular weight is 303 g/mol. The van der Waals surface area contributed by atoms with Crippen LogP contribution in [0.3, 0.4) is 0 Å². The fourth-order valence-corrected chi connectivity index (χ4v) is 2.38. The summed E-state index contributed by atoms with van der Waals surface area (Å²) in [4.78, 5) is 4.31. The van der Waals surface area contributed by atoms with E-state index in [-0.39, 0.29) is 0 Å². The van der Waals surface area contributed by atoms with Crippen LogP contribution in [0.1, 0.15) is 18.5 Å². The van der Waals surface area contributed by atoms with E-state index in [4.69, 9.17) is 5.73 Å². The second kappa shape index (κ2) is 7.04. The van der Waals surface area contributed by atoms with Crippen molar-refractivity contribution in [2.45, 2.75) is 19.0 Å². The summed E-state index contributed by atoms with van der Waals surface area (Å²) in [5, 5.41) is 6.99. The molecule has 2 N–H and O–H groups in total. The number of nitrogens with zero attached hydrogens (tertiary/aromatic N) is 4. The second-order valence-corrected chi connectivity index (χ2v) is 5.10. The molecular formula is C13H20F3N5. The van der Waals surface area contributed by atoms with Gasteiger partial charge in [-0.1, -0.05) is 0 Å². The maximum atomic E-state index is 12.5. The third-order valence-electron chi connectivity index (χ3n) is 3.53. The Morgan fingerprint density at radius 3 is 2.52 bits per heavy atom. The number of nitrogens with two attached hydrogens (primary N) is 1. The van der Waals surface area contributed by atoms with Crippen molar-refractivity contribution in [3.63, 3.8) is 0 Å². The largest absolute Gasteiger partial charge is 0.435 e. The highest BCUT2D eigenvalue weighted by atomic mass is 19.4. The Balaban J connectivity index is 1.96. The third-order valence-corrected chi connectivity index (χ3v) is 3.53. The molecule has 21 heavy (non-hydrogen) atoms. The minimum atomic E-state index is -4.44. The van der Waals surface area contributed by atoms with Crippen molar-refractivity contribution in [1.29, 1.82) is 0 Å². The van der Waals surface area contributed by atoms with Gasteiger partial charge < -0.3 is 15.5 Å². The number of halogens is 3. The van der Waals surface area contributed by atoms with Gasteiger partial charge in [-0.2, -0.15) is 13.2 Å². The molecule has 1 aromatic heterocycles. The maximum absolute atomic E-state index is 12.5. The molecule has 2 rings (SSSR count). The van der Waals surface area contributed by atoms with Crippen LogP contribution in [0.2, 0.25) is 0 Å². The molecule has 0 aromatic carbocycles. The lowest BCUT2D eigenvalue weighted by atomic mass is 10.3. The van der Waals surface area contributed by atoms with E-state index < -0.39 is 11.9 Å². The highest BCUT2D eigenvalue weighted by molar-refractivity contribution is 5.37. The summed E-state index contributed by atoms with van der Waals surface area (Å²) in [5.41, 5.74) is 4.55. The number of hydrogen-bond acceptors (Lipinski definition) is 5. The van der Waals surface area contributed by atoms with Crippen LogP contribution in [0.15, 0.2) is 12.1 Å². The molecule has 0 atom stereocenters. The summed E-state index contributed by atoms with van der Waals surface area (Å²) in [7, 11) is 0. The number of alkyl halides is 3. The Bertz CT molecular complexity index is 434. The van der Waals surface area contributed by atoms with E-state index in [1.54, 1.807) is 0 Å². The molecule has 0 unspecified atom stereocenters. The van der Waals surface area contributed by atoms with Crippen molar-refractivity contribution in [2.24, 2.45) is 5.73 Å². The lowest BCUT2D eigenvalue weighted by Gasteiger charge is -2.22. The van der Waals surface area contributed by atoms with E-state index in [9.17, 15) is 13.2 Å². The van der Waals surface area contributed by atoms with Gasteiger partial charge in [-0.05, 0) is 44.6 Å². The lowest BCUT2D eigenvalue weighted by molar-refractivity contribution is -0.141. The van der Waals surface area contributed by atoms with Gasteiger partial charge in [-0.15, -0.1) is 10.2 Å². The highest BCUT2D eigenvalue weighted by Gasteiger charge is 2.33. The van der Waals surface area contributed by atoms with Crippen molar-refractivity contribution in [2.75, 3.05) is 44.2 Å². The van der Waals surface area contributed by atoms with Crippen LogP contribution in [-0.2, 0) is 6.18 Å². The van der Waals surface area contributed by atoms with Crippen LogP contribution in [0.25, 0.3) is 0 Å². The van der Waals surface area contributed by atoms with Crippen molar-refractivity contribution < 1.29 is 13.2 Å². The first-order chi connectivity index (χ1) is 10.0. The zero-order valence-electron chi connectivity index (χ0n) is 11.8. The zero-order valence-corrected chi connectivity index (χ0v) is 11.8. The molecule has 1 fully saturated rings. The van der Waals surface area contributed by atoms with Gasteiger partial charge in [0.05, 0.1) is 0 Å². The number of anilines is 1. The maximum Gasteiger partial charge on any atom is 0.435 e. The van der Waals surface area contributed by atoms with Gasteiger partial charge in [-0.25, -0.2) is 0 Å². The van der Waals surface area contributed by atoms with Gasteiger partial charge in [0.2, 0.25) is 0 Å². The Morgan fingerprint density at radius 2 is 1.90 bits per heavy atom. The van der Waals surface area contributed by atoms with E-state index in [1.165, 1.54) is 6.07 Å². The van der Waals surface area contributed by atoms with Crippen molar-refractivity contribution >= 4 is 5.82 Å². The quantitative estimate of drug-likeness (QED) is 0.910. The molecule has 2 heterocycles. The molecule has 118 valence electrons. The summed E-state index contributed by atoms with van der Waals surface area (Å²) in [6, 6.07) is 2.38. The summed E-state index contributed by atoms with van der Waals surface area (Å²) in [5.74, 6) is 0.503. The van der Waals surface area contributed by atoms with Gasteiger partial charge in [0.25, 0.3) is 0 Å². The van der Waals surface area contributed by atoms with Gasteiger partial charge in [0.1, 0.15) is 0 Å². The van der Waals surface area contributed by atoms with Crippen LogP contribution in [0, 0.1) is 0 Å². The van der Waals surface area contributed by atoms with E-state index >= 15 is 0 Å². The lowest BCUT2D eigenvalue weighted by Crippen LogP contribution is -2.32. The molecular weight excluding hydrogens is 283 g/mol. The molecule has 1 saturated heterocycles. The number of hydrogen-bond donors (Lipinski definition) is 1. The Morgan fingerprint density at radius 1 is 1.10 bits per heavy atom. The highest BCUT2D eigenvalue weighted by Crippen LogP contribution is 2.27. The molecule has 0 saturated carbocycles. The molecule has 0 radical (unpaired) electrons. The summed E-state index contributed by atoms with van der Waals surface area (Å²) in [6.07, 6.45) is -2.53. The molecule has 0 bridgehead atoms. The first kappa shape index (κ1) is 16.0. The zero-order chi connectivity index (χ0) is 15.3. The van der Waals surface area contributed by atoms with E-state index in [2.05, 4.69) is 15.1 Å². The van der Waals surface area contributed by atoms with Crippen LogP contribution >= 0.6 is 0 Å². The summed E-state index contributed by atoms with van der Waals surface area (Å²) < 4.78 is 37.4. The molecule has 8 heteroatoms. The molecule has 1 aliphatic rings. The van der Waals surface area contributed by atoms with Crippen LogP contribution in [-0.4, -0.2) is 54.4 Å². The summed E-state index contributed by atoms with van der Waals surface area (Å²) in [6.45, 7) is 4.99. The monoisotopic (exact) mass is 303 g/mol. The Labute approximate surface area is 121 Å². The number of aromatic nitrogens is 2. The van der Waals surface area contributed by atoms with Crippen molar-refractivity contribution in [3.05, 3.63) is 17.8 Å². The smallest absolute Gasteiger partial charge is 0.354 e. The fourth-order valence-electron chi connectivity index (χ4n) is 2.38. The Kier molecular flexibility index (Phi) is 5.35. The molecule has 5 nitrogen and oxygen atoms in total. The van der Waals surface area contributed by atoms with Gasteiger partial charge in [-0.3, -0.25) is 0 Å². The predicted molar refractivity (Wildman–Crippen MR) is 74.0 cm³/mol. The van der Waals surface area contributed by atoms with Crippen LogP contribution in [0.5, 0.6) is 0 Å². The average Bonchev–Trinajstić information content (AvgIpc) is 2.70.